The summed E-state index contributed by atoms with van der Waals surface area (Å²) in [7, 11) is -3.77. The van der Waals surface area contributed by atoms with E-state index < -0.39 is 16.1 Å². The Bertz CT molecular complexity index is 1130. The van der Waals surface area contributed by atoms with Gasteiger partial charge in [-0.1, -0.05) is 6.07 Å². The van der Waals surface area contributed by atoms with Crippen LogP contribution in [0.5, 0.6) is 11.5 Å². The van der Waals surface area contributed by atoms with Crippen molar-refractivity contribution in [2.24, 2.45) is 0 Å². The molecule has 0 aliphatic carbocycles. The molecule has 0 radical (unpaired) electrons. The van der Waals surface area contributed by atoms with E-state index in [4.69, 9.17) is 13.9 Å². The molecule has 4 heterocycles. The second kappa shape index (κ2) is 7.12. The minimum Gasteiger partial charge on any atom is -0.486 e. The lowest BCUT2D eigenvalue weighted by molar-refractivity contribution is 0.171. The molecule has 0 saturated carbocycles. The molecule has 1 saturated heterocycles. The number of nitrogens with zero attached hydrogens (tertiary/aromatic N) is 4. The van der Waals surface area contributed by atoms with Crippen molar-refractivity contribution < 1.29 is 22.3 Å². The Balaban J connectivity index is 1.45. The SMILES string of the molecule is O=S(=O)(c1ccc2c(c1)OCCO2)N1CCC[C@@H]1c1nnc(-c2ccccn2)o1. The molecule has 10 heteroatoms. The number of hydrogen-bond donors (Lipinski definition) is 0. The van der Waals surface area contributed by atoms with Crippen molar-refractivity contribution in [1.29, 1.82) is 0 Å². The predicted octanol–water partition coefficient (Wildman–Crippen LogP) is 2.43. The maximum absolute atomic E-state index is 13.3. The molecule has 9 nitrogen and oxygen atoms in total. The van der Waals surface area contributed by atoms with Crippen LogP contribution in [0.3, 0.4) is 0 Å². The second-order valence-electron chi connectivity index (χ2n) is 6.74. The molecule has 2 aliphatic rings. The van der Waals surface area contributed by atoms with Gasteiger partial charge in [-0.3, -0.25) is 4.98 Å². The van der Waals surface area contributed by atoms with E-state index in [2.05, 4.69) is 15.2 Å². The third-order valence-electron chi connectivity index (χ3n) is 4.93. The summed E-state index contributed by atoms with van der Waals surface area (Å²) < 4.78 is 44.8. The fraction of sp³-hybridized carbons (Fsp3) is 0.316. The van der Waals surface area contributed by atoms with Gasteiger partial charge in [-0.05, 0) is 37.1 Å². The second-order valence-corrected chi connectivity index (χ2v) is 8.63. The van der Waals surface area contributed by atoms with Crippen LogP contribution in [0.4, 0.5) is 0 Å². The van der Waals surface area contributed by atoms with E-state index in [9.17, 15) is 8.42 Å². The molecule has 1 aromatic carbocycles. The van der Waals surface area contributed by atoms with E-state index in [0.29, 0.717) is 49.8 Å². The van der Waals surface area contributed by atoms with Crippen LogP contribution in [0.25, 0.3) is 11.6 Å². The number of aromatic nitrogens is 3. The first-order valence-corrected chi connectivity index (χ1v) is 10.7. The van der Waals surface area contributed by atoms with E-state index in [1.807, 2.05) is 6.07 Å². The molecule has 0 bridgehead atoms. The highest BCUT2D eigenvalue weighted by molar-refractivity contribution is 7.89. The average Bonchev–Trinajstić information content (AvgIpc) is 3.44. The number of sulfonamides is 1. The summed E-state index contributed by atoms with van der Waals surface area (Å²) >= 11 is 0. The average molecular weight is 414 g/mol. The first kappa shape index (κ1) is 18.1. The Kier molecular flexibility index (Phi) is 4.44. The van der Waals surface area contributed by atoms with E-state index in [0.717, 1.165) is 0 Å². The number of rotatable bonds is 4. The van der Waals surface area contributed by atoms with Crippen LogP contribution in [0.1, 0.15) is 24.8 Å². The van der Waals surface area contributed by atoms with Crippen LogP contribution >= 0.6 is 0 Å². The zero-order valence-electron chi connectivity index (χ0n) is 15.4. The fourth-order valence-electron chi connectivity index (χ4n) is 3.56. The highest BCUT2D eigenvalue weighted by atomic mass is 32.2. The third kappa shape index (κ3) is 3.23. The van der Waals surface area contributed by atoms with Gasteiger partial charge >= 0.3 is 0 Å². The molecule has 1 atom stereocenters. The molecule has 3 aromatic rings. The summed E-state index contributed by atoms with van der Waals surface area (Å²) in [5.41, 5.74) is 0.547. The van der Waals surface area contributed by atoms with Gasteiger partial charge in [0.05, 0.1) is 4.90 Å². The van der Waals surface area contributed by atoms with Gasteiger partial charge in [0.15, 0.2) is 11.5 Å². The van der Waals surface area contributed by atoms with Gasteiger partial charge in [-0.25, -0.2) is 8.42 Å². The lowest BCUT2D eigenvalue weighted by Crippen LogP contribution is -2.31. The van der Waals surface area contributed by atoms with Crippen LogP contribution in [0, 0.1) is 0 Å². The van der Waals surface area contributed by atoms with Gasteiger partial charge < -0.3 is 13.9 Å². The monoisotopic (exact) mass is 414 g/mol. The Morgan fingerprint density at radius 1 is 1.03 bits per heavy atom. The summed E-state index contributed by atoms with van der Waals surface area (Å²) in [5.74, 6) is 1.52. The smallest absolute Gasteiger partial charge is 0.266 e. The van der Waals surface area contributed by atoms with Crippen LogP contribution in [-0.4, -0.2) is 47.7 Å². The molecule has 0 amide bonds. The quantitative estimate of drug-likeness (QED) is 0.641. The molecule has 5 rings (SSSR count). The standard InChI is InChI=1S/C19H18N4O5S/c24-29(25,13-6-7-16-17(12-13)27-11-10-26-16)23-9-3-5-15(23)19-22-21-18(28-19)14-4-1-2-8-20-14/h1-2,4,6-8,12,15H,3,5,9-11H2/t15-/m1/s1. The lowest BCUT2D eigenvalue weighted by Gasteiger charge is -2.23. The number of pyridine rings is 1. The van der Waals surface area contributed by atoms with Crippen molar-refractivity contribution >= 4 is 10.0 Å². The lowest BCUT2D eigenvalue weighted by atomic mass is 10.2. The van der Waals surface area contributed by atoms with Crippen LogP contribution in [-0.2, 0) is 10.0 Å². The zero-order valence-corrected chi connectivity index (χ0v) is 16.2. The summed E-state index contributed by atoms with van der Waals surface area (Å²) in [5, 5.41) is 8.14. The molecular formula is C19H18N4O5S. The topological polar surface area (TPSA) is 108 Å². The molecular weight excluding hydrogens is 396 g/mol. The summed E-state index contributed by atoms with van der Waals surface area (Å²) in [4.78, 5) is 4.34. The Hall–Kier alpha value is -2.98. The first-order chi connectivity index (χ1) is 14.1. The number of benzene rings is 1. The van der Waals surface area contributed by atoms with Crippen LogP contribution in [0.2, 0.25) is 0 Å². The van der Waals surface area contributed by atoms with Crippen molar-refractivity contribution in [2.75, 3.05) is 19.8 Å². The highest BCUT2D eigenvalue weighted by Crippen LogP contribution is 2.39. The van der Waals surface area contributed by atoms with Gasteiger partial charge in [-0.2, -0.15) is 4.31 Å². The number of hydrogen-bond acceptors (Lipinski definition) is 8. The van der Waals surface area contributed by atoms with Gasteiger partial charge in [-0.15, -0.1) is 10.2 Å². The minimum absolute atomic E-state index is 0.151. The Morgan fingerprint density at radius 2 is 1.90 bits per heavy atom. The van der Waals surface area contributed by atoms with Crippen molar-refractivity contribution in [2.45, 2.75) is 23.8 Å². The normalized spacial score (nSPS) is 19.4. The number of ether oxygens (including phenoxy) is 2. The molecule has 2 aliphatic heterocycles. The first-order valence-electron chi connectivity index (χ1n) is 9.29. The van der Waals surface area contributed by atoms with Gasteiger partial charge in [0, 0.05) is 18.8 Å². The maximum atomic E-state index is 13.3. The van der Waals surface area contributed by atoms with Gasteiger partial charge in [0.1, 0.15) is 24.9 Å². The van der Waals surface area contributed by atoms with Gasteiger partial charge in [0.2, 0.25) is 15.9 Å². The molecule has 0 N–H and O–H groups in total. The maximum Gasteiger partial charge on any atom is 0.266 e. The van der Waals surface area contributed by atoms with Crippen LogP contribution in [0.15, 0.2) is 51.9 Å². The molecule has 0 spiro atoms. The third-order valence-corrected chi connectivity index (χ3v) is 6.84. The van der Waals surface area contributed by atoms with Crippen LogP contribution < -0.4 is 9.47 Å². The largest absolute Gasteiger partial charge is 0.486 e. The minimum atomic E-state index is -3.77. The highest BCUT2D eigenvalue weighted by Gasteiger charge is 2.39. The molecule has 29 heavy (non-hydrogen) atoms. The summed E-state index contributed by atoms with van der Waals surface area (Å²) in [6.45, 7) is 1.22. The van der Waals surface area contributed by atoms with E-state index in [1.165, 1.54) is 16.4 Å². The van der Waals surface area contributed by atoms with Crippen molar-refractivity contribution in [3.63, 3.8) is 0 Å². The summed E-state index contributed by atoms with van der Waals surface area (Å²) in [6, 6.07) is 9.52. The summed E-state index contributed by atoms with van der Waals surface area (Å²) in [6.07, 6.45) is 2.94. The fourth-order valence-corrected chi connectivity index (χ4v) is 5.22. The molecule has 1 fully saturated rings. The predicted molar refractivity (Wildman–Crippen MR) is 101 cm³/mol. The molecule has 150 valence electrons. The molecule has 2 aromatic heterocycles. The van der Waals surface area contributed by atoms with E-state index in [-0.39, 0.29) is 16.7 Å². The number of fused-ring (bicyclic) bond motifs is 1. The Labute approximate surface area is 167 Å². The van der Waals surface area contributed by atoms with Crippen molar-refractivity contribution in [1.82, 2.24) is 19.5 Å². The Morgan fingerprint density at radius 3 is 2.72 bits per heavy atom. The van der Waals surface area contributed by atoms with Crippen molar-refractivity contribution in [3.05, 3.63) is 48.5 Å². The molecule has 0 unspecified atom stereocenters. The van der Waals surface area contributed by atoms with Crippen molar-refractivity contribution in [3.8, 4) is 23.1 Å². The van der Waals surface area contributed by atoms with E-state index in [1.54, 1.807) is 24.4 Å². The zero-order chi connectivity index (χ0) is 19.8. The van der Waals surface area contributed by atoms with E-state index >= 15 is 0 Å². The van der Waals surface area contributed by atoms with Gasteiger partial charge in [0.25, 0.3) is 5.89 Å².